The van der Waals surface area contributed by atoms with Gasteiger partial charge in [0.05, 0.1) is 18.2 Å². The molecule has 0 aliphatic carbocycles. The number of pyridine rings is 1. The van der Waals surface area contributed by atoms with Crippen LogP contribution in [0.5, 0.6) is 0 Å². The number of hydrogen-bond acceptors (Lipinski definition) is 6. The van der Waals surface area contributed by atoms with E-state index in [2.05, 4.69) is 12.1 Å². The minimum absolute atomic E-state index is 0.0249. The second-order valence-corrected chi connectivity index (χ2v) is 12.0. The van der Waals surface area contributed by atoms with Gasteiger partial charge in [-0.1, -0.05) is 42.5 Å². The van der Waals surface area contributed by atoms with Crippen LogP contribution in [0.2, 0.25) is 0 Å². The molecule has 0 unspecified atom stereocenters. The molecular formula is C33H23NO4S2. The second-order valence-electron chi connectivity index (χ2n) is 9.84. The average molecular weight is 562 g/mol. The number of aromatic nitrogens is 1. The number of esters is 1. The van der Waals surface area contributed by atoms with Crippen molar-refractivity contribution >= 4 is 79.9 Å². The Bertz CT molecular complexity index is 2260. The molecule has 40 heavy (non-hydrogen) atoms. The van der Waals surface area contributed by atoms with Crippen molar-refractivity contribution in [2.24, 2.45) is 0 Å². The number of methoxy groups -OCH3 is 1. The smallest absolute Gasteiger partial charge is 0.337 e. The topological polar surface area (TPSA) is 65.4 Å². The zero-order valence-corrected chi connectivity index (χ0v) is 23.2. The van der Waals surface area contributed by atoms with E-state index in [1.807, 2.05) is 65.2 Å². The monoisotopic (exact) mass is 561 g/mol. The molecule has 7 rings (SSSR count). The quantitative estimate of drug-likeness (QED) is 0.161. The number of para-hydroxylation sites is 1. The first-order chi connectivity index (χ1) is 19.5. The lowest BCUT2D eigenvalue weighted by Crippen LogP contribution is -2.20. The minimum atomic E-state index is -0.395. The van der Waals surface area contributed by atoms with Crippen LogP contribution in [0, 0.1) is 0 Å². The molecule has 0 bridgehead atoms. The van der Waals surface area contributed by atoms with Crippen LogP contribution in [0.15, 0.2) is 94.5 Å². The van der Waals surface area contributed by atoms with Gasteiger partial charge in [-0.05, 0) is 60.9 Å². The largest absolute Gasteiger partial charge is 0.465 e. The molecule has 3 heterocycles. The Labute approximate surface area is 236 Å². The van der Waals surface area contributed by atoms with E-state index in [1.165, 1.54) is 18.4 Å². The Hall–Kier alpha value is -4.33. The molecule has 0 atom stereocenters. The number of carbonyl (C=O) groups is 1. The molecule has 0 radical (unpaired) electrons. The molecule has 0 saturated carbocycles. The molecule has 0 amide bonds. The molecule has 0 spiro atoms. The summed E-state index contributed by atoms with van der Waals surface area (Å²) in [6.45, 7) is 0.555. The van der Waals surface area contributed by atoms with E-state index < -0.39 is 5.97 Å². The average Bonchev–Trinajstić information content (AvgIpc) is 3.38. The van der Waals surface area contributed by atoms with Crippen LogP contribution in [-0.2, 0) is 17.7 Å². The van der Waals surface area contributed by atoms with Gasteiger partial charge >= 0.3 is 5.97 Å². The van der Waals surface area contributed by atoms with E-state index in [9.17, 15) is 14.4 Å². The third-order valence-electron chi connectivity index (χ3n) is 7.50. The minimum Gasteiger partial charge on any atom is -0.465 e. The van der Waals surface area contributed by atoms with E-state index >= 15 is 0 Å². The van der Waals surface area contributed by atoms with E-state index in [0.717, 1.165) is 65.0 Å². The maximum atomic E-state index is 13.8. The fourth-order valence-corrected chi connectivity index (χ4v) is 7.84. The van der Waals surface area contributed by atoms with Gasteiger partial charge in [-0.15, -0.1) is 22.7 Å². The van der Waals surface area contributed by atoms with Gasteiger partial charge in [-0.25, -0.2) is 4.79 Å². The van der Waals surface area contributed by atoms with Gasteiger partial charge in [0.15, 0.2) is 5.43 Å². The van der Waals surface area contributed by atoms with Gasteiger partial charge in [0.1, 0.15) is 4.70 Å². The van der Waals surface area contributed by atoms with Crippen molar-refractivity contribution in [1.82, 2.24) is 4.57 Å². The number of hydrogen-bond donors (Lipinski definition) is 0. The Morgan fingerprint density at radius 2 is 1.55 bits per heavy atom. The maximum Gasteiger partial charge on any atom is 0.337 e. The Morgan fingerprint density at radius 1 is 0.775 bits per heavy atom. The number of fused-ring (bicyclic) bond motifs is 7. The highest BCUT2D eigenvalue weighted by Gasteiger charge is 2.17. The summed E-state index contributed by atoms with van der Waals surface area (Å²) < 4.78 is 10.3. The predicted octanol–water partition coefficient (Wildman–Crippen LogP) is 7.52. The Balaban J connectivity index is 1.26. The van der Waals surface area contributed by atoms with Crippen molar-refractivity contribution in [2.45, 2.75) is 19.4 Å². The highest BCUT2D eigenvalue weighted by Crippen LogP contribution is 2.37. The summed E-state index contributed by atoms with van der Waals surface area (Å²) in [5.41, 5.74) is 2.49. The van der Waals surface area contributed by atoms with Crippen molar-refractivity contribution in [3.8, 4) is 0 Å². The summed E-state index contributed by atoms with van der Waals surface area (Å²) in [5.74, 6) is -0.395. The first-order valence-electron chi connectivity index (χ1n) is 13.0. The van der Waals surface area contributed by atoms with Crippen LogP contribution < -0.4 is 11.0 Å². The molecule has 0 aliphatic rings. The number of rotatable bonds is 5. The standard InChI is InChI=1S/C33H23NO4S2/c1-38-33(37)20-13-14-22-28(18-20)40-31-29(22)21-8-2-4-10-25(21)34(32(31)36)16-6-7-19-12-15-27-24(17-19)30(35)23-9-3-5-11-26(23)39-27/h2-5,8-15,17-18H,6-7,16H2,1H3. The van der Waals surface area contributed by atoms with Crippen LogP contribution in [0.4, 0.5) is 0 Å². The lowest BCUT2D eigenvalue weighted by molar-refractivity contribution is 0.0601. The van der Waals surface area contributed by atoms with E-state index in [4.69, 9.17) is 4.74 Å². The second kappa shape index (κ2) is 9.70. The summed E-state index contributed by atoms with van der Waals surface area (Å²) in [4.78, 5) is 39.0. The van der Waals surface area contributed by atoms with E-state index in [-0.39, 0.29) is 11.0 Å². The summed E-state index contributed by atoms with van der Waals surface area (Å²) >= 11 is 3.05. The van der Waals surface area contributed by atoms with Crippen molar-refractivity contribution in [3.63, 3.8) is 0 Å². The number of nitrogens with zero attached hydrogens (tertiary/aromatic N) is 1. The van der Waals surface area contributed by atoms with Gasteiger partial charge < -0.3 is 9.30 Å². The highest BCUT2D eigenvalue weighted by molar-refractivity contribution is 7.26. The molecule has 7 aromatic rings. The van der Waals surface area contributed by atoms with Crippen molar-refractivity contribution in [1.29, 1.82) is 0 Å². The first-order valence-corrected chi connectivity index (χ1v) is 14.7. The zero-order valence-electron chi connectivity index (χ0n) is 21.6. The SMILES string of the molecule is COC(=O)c1ccc2c(c1)sc1c(=O)n(CCCc3ccc4sc5ccccc5c(=O)c4c3)c3ccccc3c12. The Morgan fingerprint density at radius 3 is 2.40 bits per heavy atom. The molecule has 5 nitrogen and oxygen atoms in total. The van der Waals surface area contributed by atoms with Crippen LogP contribution in [0.1, 0.15) is 22.3 Å². The number of thiophene rings is 1. The summed E-state index contributed by atoms with van der Waals surface area (Å²) in [5, 5.41) is 4.42. The molecule has 4 aromatic carbocycles. The highest BCUT2D eigenvalue weighted by atomic mass is 32.1. The number of ether oxygens (including phenoxy) is 1. The predicted molar refractivity (Wildman–Crippen MR) is 166 cm³/mol. The Kier molecular flexibility index (Phi) is 5.99. The molecule has 0 aliphatic heterocycles. The van der Waals surface area contributed by atoms with Gasteiger partial charge in [0.25, 0.3) is 5.56 Å². The lowest BCUT2D eigenvalue weighted by Gasteiger charge is -2.12. The van der Waals surface area contributed by atoms with Crippen LogP contribution in [0.25, 0.3) is 51.2 Å². The van der Waals surface area contributed by atoms with E-state index in [1.54, 1.807) is 23.5 Å². The van der Waals surface area contributed by atoms with Crippen molar-refractivity contribution in [3.05, 3.63) is 117 Å². The summed E-state index contributed by atoms with van der Waals surface area (Å²) in [6.07, 6.45) is 1.50. The van der Waals surface area contributed by atoms with Crippen LogP contribution >= 0.6 is 22.7 Å². The zero-order chi connectivity index (χ0) is 27.4. The fourth-order valence-electron chi connectivity index (χ4n) is 5.58. The summed E-state index contributed by atoms with van der Waals surface area (Å²) in [6, 6.07) is 27.3. The number of benzene rings is 4. The molecule has 3 aromatic heterocycles. The fraction of sp³-hybridized carbons (Fsp3) is 0.121. The maximum absolute atomic E-state index is 13.8. The molecule has 196 valence electrons. The van der Waals surface area contributed by atoms with Crippen molar-refractivity contribution < 1.29 is 9.53 Å². The third kappa shape index (κ3) is 3.93. The van der Waals surface area contributed by atoms with Crippen LogP contribution in [0.3, 0.4) is 0 Å². The molecule has 0 saturated heterocycles. The van der Waals surface area contributed by atoms with Gasteiger partial charge in [0.2, 0.25) is 0 Å². The summed E-state index contributed by atoms with van der Waals surface area (Å²) in [7, 11) is 1.36. The van der Waals surface area contributed by atoms with Gasteiger partial charge in [0, 0.05) is 47.6 Å². The third-order valence-corrected chi connectivity index (χ3v) is 9.79. The normalized spacial score (nSPS) is 11.7. The van der Waals surface area contributed by atoms with Gasteiger partial charge in [-0.3, -0.25) is 9.59 Å². The lowest BCUT2D eigenvalue weighted by atomic mass is 10.0. The molecular weight excluding hydrogens is 539 g/mol. The van der Waals surface area contributed by atoms with Gasteiger partial charge in [-0.2, -0.15) is 0 Å². The van der Waals surface area contributed by atoms with Crippen molar-refractivity contribution in [2.75, 3.05) is 7.11 Å². The number of carbonyl (C=O) groups excluding carboxylic acids is 1. The molecule has 0 N–H and O–H groups in total. The van der Waals surface area contributed by atoms with Crippen LogP contribution in [-0.4, -0.2) is 17.6 Å². The van der Waals surface area contributed by atoms with E-state index in [0.29, 0.717) is 16.8 Å². The molecule has 7 heteroatoms. The first kappa shape index (κ1) is 24.7. The number of aryl methyl sites for hydroxylation is 2. The molecule has 0 fully saturated rings.